The zero-order valence-corrected chi connectivity index (χ0v) is 11.2. The number of hydrogen-bond donors (Lipinski definition) is 0. The standard InChI is InChI=1S/C14H13N3O3/c1-9(2)17-13(18)11-6-4-3-5-10(11)12(16-17)14(19)20-8-7-15/h3-6,9H,8H2,1-2H3. The summed E-state index contributed by atoms with van der Waals surface area (Å²) in [4.78, 5) is 24.2. The first-order valence-electron chi connectivity index (χ1n) is 6.12. The summed E-state index contributed by atoms with van der Waals surface area (Å²) >= 11 is 0. The fourth-order valence-corrected chi connectivity index (χ4v) is 1.87. The average Bonchev–Trinajstić information content (AvgIpc) is 2.45. The minimum Gasteiger partial charge on any atom is -0.445 e. The lowest BCUT2D eigenvalue weighted by Gasteiger charge is -2.12. The summed E-state index contributed by atoms with van der Waals surface area (Å²) in [7, 11) is 0. The summed E-state index contributed by atoms with van der Waals surface area (Å²) < 4.78 is 6.02. The molecule has 0 N–H and O–H groups in total. The molecule has 0 bridgehead atoms. The molecule has 1 heterocycles. The maximum Gasteiger partial charge on any atom is 0.360 e. The first-order chi connectivity index (χ1) is 9.56. The van der Waals surface area contributed by atoms with Gasteiger partial charge in [-0.2, -0.15) is 10.4 Å². The highest BCUT2D eigenvalue weighted by molar-refractivity contribution is 6.02. The molecule has 0 spiro atoms. The Labute approximate surface area is 115 Å². The van der Waals surface area contributed by atoms with Gasteiger partial charge in [0.15, 0.2) is 12.3 Å². The summed E-state index contributed by atoms with van der Waals surface area (Å²) in [6.45, 7) is 3.25. The maximum atomic E-state index is 12.3. The van der Waals surface area contributed by atoms with Crippen LogP contribution >= 0.6 is 0 Å². The van der Waals surface area contributed by atoms with Crippen LogP contribution in [-0.4, -0.2) is 22.4 Å². The number of esters is 1. The zero-order chi connectivity index (χ0) is 14.7. The smallest absolute Gasteiger partial charge is 0.360 e. The molecule has 6 heteroatoms. The molecule has 6 nitrogen and oxygen atoms in total. The average molecular weight is 271 g/mol. The molecule has 0 radical (unpaired) electrons. The van der Waals surface area contributed by atoms with Gasteiger partial charge < -0.3 is 4.74 Å². The van der Waals surface area contributed by atoms with E-state index in [1.54, 1.807) is 44.2 Å². The largest absolute Gasteiger partial charge is 0.445 e. The van der Waals surface area contributed by atoms with E-state index in [2.05, 4.69) is 5.10 Å². The van der Waals surface area contributed by atoms with E-state index in [4.69, 9.17) is 10.00 Å². The van der Waals surface area contributed by atoms with Crippen molar-refractivity contribution in [2.45, 2.75) is 19.9 Å². The quantitative estimate of drug-likeness (QED) is 0.792. The minimum absolute atomic E-state index is 0.0455. The van der Waals surface area contributed by atoms with Crippen LogP contribution in [0.3, 0.4) is 0 Å². The monoisotopic (exact) mass is 271 g/mol. The summed E-state index contributed by atoms with van der Waals surface area (Å²) in [6.07, 6.45) is 0. The second-order valence-corrected chi connectivity index (χ2v) is 4.47. The molecule has 0 amide bonds. The predicted octanol–water partition coefficient (Wildman–Crippen LogP) is 1.66. The molecule has 1 aromatic heterocycles. The van der Waals surface area contributed by atoms with E-state index in [-0.39, 0.29) is 23.9 Å². The van der Waals surface area contributed by atoms with E-state index in [1.807, 2.05) is 0 Å². The third-order valence-corrected chi connectivity index (χ3v) is 2.78. The van der Waals surface area contributed by atoms with Crippen molar-refractivity contribution in [1.82, 2.24) is 9.78 Å². The van der Waals surface area contributed by atoms with Crippen LogP contribution in [-0.2, 0) is 4.74 Å². The number of carbonyl (C=O) groups excluding carboxylic acids is 1. The first-order valence-corrected chi connectivity index (χ1v) is 6.12. The second-order valence-electron chi connectivity index (χ2n) is 4.47. The van der Waals surface area contributed by atoms with Crippen molar-refractivity contribution >= 4 is 16.7 Å². The van der Waals surface area contributed by atoms with Gasteiger partial charge in [-0.15, -0.1) is 0 Å². The van der Waals surface area contributed by atoms with Gasteiger partial charge in [0.05, 0.1) is 11.4 Å². The topological polar surface area (TPSA) is 85.0 Å². The van der Waals surface area contributed by atoms with Crippen LogP contribution in [0.2, 0.25) is 0 Å². The Hall–Kier alpha value is -2.68. The van der Waals surface area contributed by atoms with Gasteiger partial charge in [0.2, 0.25) is 0 Å². The van der Waals surface area contributed by atoms with E-state index < -0.39 is 5.97 Å². The van der Waals surface area contributed by atoms with Crippen molar-refractivity contribution in [1.29, 1.82) is 5.26 Å². The maximum absolute atomic E-state index is 12.3. The Morgan fingerprint density at radius 1 is 1.40 bits per heavy atom. The lowest BCUT2D eigenvalue weighted by molar-refractivity contribution is 0.0547. The van der Waals surface area contributed by atoms with Crippen molar-refractivity contribution in [3.63, 3.8) is 0 Å². The summed E-state index contributed by atoms with van der Waals surface area (Å²) in [5.74, 6) is -0.711. The van der Waals surface area contributed by atoms with E-state index in [0.29, 0.717) is 10.8 Å². The number of carbonyl (C=O) groups is 1. The van der Waals surface area contributed by atoms with Crippen LogP contribution in [0.5, 0.6) is 0 Å². The van der Waals surface area contributed by atoms with Crippen LogP contribution in [0.25, 0.3) is 10.8 Å². The fraction of sp³-hybridized carbons (Fsp3) is 0.286. The number of nitrogens with zero attached hydrogens (tertiary/aromatic N) is 3. The minimum atomic E-state index is -0.711. The van der Waals surface area contributed by atoms with Gasteiger partial charge in [-0.1, -0.05) is 18.2 Å². The van der Waals surface area contributed by atoms with Crippen LogP contribution in [0.1, 0.15) is 30.4 Å². The van der Waals surface area contributed by atoms with Crippen LogP contribution < -0.4 is 5.56 Å². The van der Waals surface area contributed by atoms with E-state index >= 15 is 0 Å². The Kier molecular flexibility index (Phi) is 3.80. The molecule has 0 aliphatic rings. The number of ether oxygens (including phenoxy) is 1. The highest BCUT2D eigenvalue weighted by Crippen LogP contribution is 2.15. The lowest BCUT2D eigenvalue weighted by atomic mass is 10.1. The van der Waals surface area contributed by atoms with Crippen molar-refractivity contribution in [2.24, 2.45) is 0 Å². The molecule has 1 aromatic carbocycles. The van der Waals surface area contributed by atoms with Crippen LogP contribution in [0.4, 0.5) is 0 Å². The molecule has 2 aromatic rings. The summed E-state index contributed by atoms with van der Waals surface area (Å²) in [5, 5.41) is 13.4. The molecule has 0 unspecified atom stereocenters. The number of aromatic nitrogens is 2. The molecule has 2 rings (SSSR count). The number of nitriles is 1. The van der Waals surface area contributed by atoms with Crippen LogP contribution in [0.15, 0.2) is 29.1 Å². The molecule has 0 fully saturated rings. The number of hydrogen-bond acceptors (Lipinski definition) is 5. The van der Waals surface area contributed by atoms with Crippen LogP contribution in [0, 0.1) is 11.3 Å². The van der Waals surface area contributed by atoms with Gasteiger partial charge in [-0.25, -0.2) is 9.48 Å². The van der Waals surface area contributed by atoms with Crippen molar-refractivity contribution in [3.05, 3.63) is 40.3 Å². The molecule has 102 valence electrons. The molecule has 0 aliphatic carbocycles. The van der Waals surface area contributed by atoms with Gasteiger partial charge >= 0.3 is 5.97 Å². The van der Waals surface area contributed by atoms with Gasteiger partial charge in [0.1, 0.15) is 6.07 Å². The van der Waals surface area contributed by atoms with Gasteiger partial charge in [0, 0.05) is 5.39 Å². The third-order valence-electron chi connectivity index (χ3n) is 2.78. The highest BCUT2D eigenvalue weighted by atomic mass is 16.5. The Morgan fingerprint density at radius 3 is 2.65 bits per heavy atom. The Morgan fingerprint density at radius 2 is 2.05 bits per heavy atom. The molecule has 0 saturated carbocycles. The summed E-state index contributed by atoms with van der Waals surface area (Å²) in [6, 6.07) is 8.25. The molecular formula is C14H13N3O3. The number of rotatable bonds is 3. The first kappa shape index (κ1) is 13.7. The van der Waals surface area contributed by atoms with Gasteiger partial charge in [0.25, 0.3) is 5.56 Å². The molecule has 20 heavy (non-hydrogen) atoms. The number of benzene rings is 1. The van der Waals surface area contributed by atoms with E-state index in [1.165, 1.54) is 4.68 Å². The Bertz CT molecular complexity index is 756. The zero-order valence-electron chi connectivity index (χ0n) is 11.2. The van der Waals surface area contributed by atoms with Crippen molar-refractivity contribution < 1.29 is 9.53 Å². The fourth-order valence-electron chi connectivity index (χ4n) is 1.87. The number of fused-ring (bicyclic) bond motifs is 1. The molecule has 0 aliphatic heterocycles. The van der Waals surface area contributed by atoms with Crippen molar-refractivity contribution in [3.8, 4) is 6.07 Å². The normalized spacial score (nSPS) is 10.5. The Balaban J connectivity index is 2.70. The molecule has 0 atom stereocenters. The van der Waals surface area contributed by atoms with Crippen molar-refractivity contribution in [2.75, 3.05) is 6.61 Å². The highest BCUT2D eigenvalue weighted by Gasteiger charge is 2.18. The second kappa shape index (κ2) is 5.53. The van der Waals surface area contributed by atoms with E-state index in [0.717, 1.165) is 0 Å². The SMILES string of the molecule is CC(C)n1nc(C(=O)OCC#N)c2ccccc2c1=O. The lowest BCUT2D eigenvalue weighted by Crippen LogP contribution is -2.28. The van der Waals surface area contributed by atoms with E-state index in [9.17, 15) is 9.59 Å². The predicted molar refractivity (Wildman–Crippen MR) is 72.3 cm³/mol. The van der Waals surface area contributed by atoms with Gasteiger partial charge in [-0.3, -0.25) is 4.79 Å². The summed E-state index contributed by atoms with van der Waals surface area (Å²) in [5.41, 5.74) is -0.211. The third kappa shape index (κ3) is 2.38. The molecule has 0 saturated heterocycles. The molecular weight excluding hydrogens is 258 g/mol. The van der Waals surface area contributed by atoms with Gasteiger partial charge in [-0.05, 0) is 19.9 Å².